The molecule has 0 unspecified atom stereocenters. The molecule has 1 aromatic rings. The van der Waals surface area contributed by atoms with E-state index < -0.39 is 0 Å². The van der Waals surface area contributed by atoms with E-state index in [0.29, 0.717) is 32.5 Å². The van der Waals surface area contributed by atoms with Crippen LogP contribution in [0.1, 0.15) is 31.7 Å². The Morgan fingerprint density at radius 1 is 1.14 bits per heavy atom. The van der Waals surface area contributed by atoms with Crippen molar-refractivity contribution in [3.8, 4) is 5.75 Å². The van der Waals surface area contributed by atoms with Crippen LogP contribution in [0.3, 0.4) is 0 Å². The third-order valence-corrected chi connectivity index (χ3v) is 2.87. The molecule has 0 saturated heterocycles. The normalized spacial score (nSPS) is 11.1. The summed E-state index contributed by atoms with van der Waals surface area (Å²) < 4.78 is 16.1. The van der Waals surface area contributed by atoms with E-state index in [1.807, 2.05) is 19.1 Å². The molecule has 0 amide bonds. The minimum atomic E-state index is 0.425. The lowest BCUT2D eigenvalue weighted by Gasteiger charge is -2.13. The summed E-state index contributed by atoms with van der Waals surface area (Å²) >= 11 is 0. The molecule has 1 heterocycles. The van der Waals surface area contributed by atoms with Crippen LogP contribution in [0.2, 0.25) is 0 Å². The van der Waals surface area contributed by atoms with E-state index in [9.17, 15) is 0 Å². The topological polar surface area (TPSA) is 52.6 Å². The first-order valence-electron chi connectivity index (χ1n) is 7.53. The van der Waals surface area contributed by atoms with Gasteiger partial charge in [0.05, 0.1) is 25.5 Å². The van der Waals surface area contributed by atoms with Crippen LogP contribution in [-0.2, 0) is 16.0 Å². The molecular formula is C16H28N2O3. The van der Waals surface area contributed by atoms with Gasteiger partial charge in [-0.2, -0.15) is 0 Å². The van der Waals surface area contributed by atoms with E-state index in [4.69, 9.17) is 14.2 Å². The Morgan fingerprint density at radius 3 is 2.67 bits per heavy atom. The van der Waals surface area contributed by atoms with Crippen molar-refractivity contribution >= 4 is 0 Å². The summed E-state index contributed by atoms with van der Waals surface area (Å²) in [5.74, 6) is 0.852. The number of rotatable bonds is 11. The maximum atomic E-state index is 5.82. The van der Waals surface area contributed by atoms with Crippen molar-refractivity contribution in [1.82, 2.24) is 10.3 Å². The van der Waals surface area contributed by atoms with Gasteiger partial charge in [-0.15, -0.1) is 0 Å². The van der Waals surface area contributed by atoms with Gasteiger partial charge in [0.1, 0.15) is 5.75 Å². The predicted molar refractivity (Wildman–Crippen MR) is 83.8 cm³/mol. The Hall–Kier alpha value is -1.17. The van der Waals surface area contributed by atoms with Crippen molar-refractivity contribution in [2.45, 2.75) is 39.8 Å². The maximum absolute atomic E-state index is 5.82. The predicted octanol–water partition coefficient (Wildman–Crippen LogP) is 2.32. The van der Waals surface area contributed by atoms with Gasteiger partial charge in [-0.05, 0) is 19.1 Å². The van der Waals surface area contributed by atoms with Crippen molar-refractivity contribution < 1.29 is 14.2 Å². The summed E-state index contributed by atoms with van der Waals surface area (Å²) in [4.78, 5) is 4.55. The summed E-state index contributed by atoms with van der Waals surface area (Å²) in [5.41, 5.74) is 1.97. The highest BCUT2D eigenvalue weighted by molar-refractivity contribution is 5.29. The largest absolute Gasteiger partial charge is 0.492 e. The molecule has 5 heteroatoms. The smallest absolute Gasteiger partial charge is 0.142 e. The number of aromatic nitrogens is 1. The molecule has 0 bridgehead atoms. The average molecular weight is 296 g/mol. The van der Waals surface area contributed by atoms with E-state index >= 15 is 0 Å². The summed E-state index contributed by atoms with van der Waals surface area (Å²) in [6.45, 7) is 9.53. The Balaban J connectivity index is 2.35. The Morgan fingerprint density at radius 2 is 1.95 bits per heavy atom. The second kappa shape index (κ2) is 10.5. The van der Waals surface area contributed by atoms with Gasteiger partial charge in [-0.3, -0.25) is 4.98 Å². The maximum Gasteiger partial charge on any atom is 0.142 e. The van der Waals surface area contributed by atoms with Gasteiger partial charge in [0.25, 0.3) is 0 Å². The van der Waals surface area contributed by atoms with Crippen LogP contribution in [0.25, 0.3) is 0 Å². The van der Waals surface area contributed by atoms with Gasteiger partial charge in [0, 0.05) is 38.4 Å². The van der Waals surface area contributed by atoms with Crippen LogP contribution < -0.4 is 10.1 Å². The van der Waals surface area contributed by atoms with Gasteiger partial charge in [-0.1, -0.05) is 13.8 Å². The molecule has 0 spiro atoms. The summed E-state index contributed by atoms with van der Waals surface area (Å²) in [6, 6.07) is 4.39. The second-order valence-electron chi connectivity index (χ2n) is 5.24. The summed E-state index contributed by atoms with van der Waals surface area (Å²) in [6.07, 6.45) is 0.856. The molecule has 1 N–H and O–H groups in total. The van der Waals surface area contributed by atoms with Crippen LogP contribution in [-0.4, -0.2) is 44.6 Å². The van der Waals surface area contributed by atoms with Gasteiger partial charge < -0.3 is 19.5 Å². The molecule has 0 saturated carbocycles. The van der Waals surface area contributed by atoms with Crippen molar-refractivity contribution in [2.24, 2.45) is 0 Å². The highest BCUT2D eigenvalue weighted by Crippen LogP contribution is 2.17. The number of methoxy groups -OCH3 is 1. The third kappa shape index (κ3) is 7.99. The second-order valence-corrected chi connectivity index (χ2v) is 5.24. The number of aryl methyl sites for hydroxylation is 1. The summed E-state index contributed by atoms with van der Waals surface area (Å²) in [7, 11) is 1.67. The van der Waals surface area contributed by atoms with Crippen molar-refractivity contribution in [3.05, 3.63) is 23.5 Å². The number of hydrogen-bond donors (Lipinski definition) is 1. The first-order chi connectivity index (χ1) is 10.1. The zero-order valence-corrected chi connectivity index (χ0v) is 13.6. The molecule has 1 aromatic heterocycles. The molecule has 0 fully saturated rings. The van der Waals surface area contributed by atoms with E-state index in [2.05, 4.69) is 24.1 Å². The van der Waals surface area contributed by atoms with Crippen LogP contribution in [0.15, 0.2) is 12.1 Å². The molecule has 0 atom stereocenters. The fraction of sp³-hybridized carbons (Fsp3) is 0.688. The quantitative estimate of drug-likeness (QED) is 0.635. The van der Waals surface area contributed by atoms with Crippen molar-refractivity contribution in [3.63, 3.8) is 0 Å². The fourth-order valence-electron chi connectivity index (χ4n) is 1.74. The molecule has 0 aliphatic heterocycles. The highest BCUT2D eigenvalue weighted by Gasteiger charge is 2.06. The Bertz CT molecular complexity index is 397. The van der Waals surface area contributed by atoms with Crippen molar-refractivity contribution in [2.75, 3.05) is 33.5 Å². The summed E-state index contributed by atoms with van der Waals surface area (Å²) in [5, 5.41) is 3.37. The number of pyridine rings is 1. The average Bonchev–Trinajstić information content (AvgIpc) is 2.45. The first-order valence-corrected chi connectivity index (χ1v) is 7.53. The van der Waals surface area contributed by atoms with Gasteiger partial charge in [0.2, 0.25) is 0 Å². The Kier molecular flexibility index (Phi) is 8.98. The van der Waals surface area contributed by atoms with E-state index in [0.717, 1.165) is 30.1 Å². The molecule has 120 valence electrons. The van der Waals surface area contributed by atoms with Gasteiger partial charge in [-0.25, -0.2) is 0 Å². The standard InChI is InChI=1S/C16H28N2O3/c1-13(2)17-12-15-16(7-6-14(3)18-15)21-9-5-8-20-11-10-19-4/h6-7,13,17H,5,8-12H2,1-4H3. The number of hydrogen-bond acceptors (Lipinski definition) is 5. The molecule has 0 aliphatic carbocycles. The van der Waals surface area contributed by atoms with E-state index in [1.54, 1.807) is 7.11 Å². The fourth-order valence-corrected chi connectivity index (χ4v) is 1.74. The number of nitrogens with one attached hydrogen (secondary N) is 1. The van der Waals surface area contributed by atoms with E-state index in [1.165, 1.54) is 0 Å². The van der Waals surface area contributed by atoms with E-state index in [-0.39, 0.29) is 0 Å². The molecular weight excluding hydrogens is 268 g/mol. The van der Waals surface area contributed by atoms with Crippen LogP contribution >= 0.6 is 0 Å². The van der Waals surface area contributed by atoms with Gasteiger partial charge >= 0.3 is 0 Å². The molecule has 0 radical (unpaired) electrons. The minimum Gasteiger partial charge on any atom is -0.492 e. The molecule has 21 heavy (non-hydrogen) atoms. The number of nitrogens with zero attached hydrogens (tertiary/aromatic N) is 1. The lowest BCUT2D eigenvalue weighted by atomic mass is 10.2. The number of ether oxygens (including phenoxy) is 3. The minimum absolute atomic E-state index is 0.425. The zero-order valence-electron chi connectivity index (χ0n) is 13.6. The lowest BCUT2D eigenvalue weighted by molar-refractivity contribution is 0.0643. The zero-order chi connectivity index (χ0) is 15.5. The molecule has 0 aliphatic rings. The third-order valence-electron chi connectivity index (χ3n) is 2.87. The van der Waals surface area contributed by atoms with Crippen LogP contribution in [0, 0.1) is 6.92 Å². The van der Waals surface area contributed by atoms with Gasteiger partial charge in [0.15, 0.2) is 0 Å². The molecule has 0 aromatic carbocycles. The van der Waals surface area contributed by atoms with Crippen LogP contribution in [0.4, 0.5) is 0 Å². The SMILES string of the molecule is COCCOCCCOc1ccc(C)nc1CNC(C)C. The Labute approximate surface area is 128 Å². The lowest BCUT2D eigenvalue weighted by Crippen LogP contribution is -2.23. The molecule has 1 rings (SSSR count). The first kappa shape index (κ1) is 17.9. The molecule has 5 nitrogen and oxygen atoms in total. The van der Waals surface area contributed by atoms with Crippen molar-refractivity contribution in [1.29, 1.82) is 0 Å². The highest BCUT2D eigenvalue weighted by atomic mass is 16.5. The van der Waals surface area contributed by atoms with Crippen LogP contribution in [0.5, 0.6) is 5.75 Å². The monoisotopic (exact) mass is 296 g/mol.